The maximum Gasteiger partial charge on any atom is 0.306 e. The molecule has 0 aliphatic carbocycles. The van der Waals surface area contributed by atoms with E-state index in [9.17, 15) is 14.4 Å². The van der Waals surface area contributed by atoms with E-state index in [1.54, 1.807) is 0 Å². The minimum absolute atomic E-state index is 0.0669. The maximum atomic E-state index is 12.7. The third-order valence-corrected chi connectivity index (χ3v) is 10.8. The summed E-state index contributed by atoms with van der Waals surface area (Å²) < 4.78 is 16.7. The van der Waals surface area contributed by atoms with Gasteiger partial charge in [0.05, 0.1) is 0 Å². The molecule has 1 atom stereocenters. The molecule has 0 aromatic heterocycles. The molecular weight excluding hydrogens is 685 g/mol. The zero-order chi connectivity index (χ0) is 40.1. The van der Waals surface area contributed by atoms with E-state index in [1.165, 1.54) is 167 Å². The van der Waals surface area contributed by atoms with Crippen LogP contribution >= 0.6 is 0 Å². The molecule has 0 saturated carbocycles. The summed E-state index contributed by atoms with van der Waals surface area (Å²) >= 11 is 0. The van der Waals surface area contributed by atoms with Gasteiger partial charge in [-0.25, -0.2) is 0 Å². The first kappa shape index (κ1) is 53.1. The van der Waals surface area contributed by atoms with E-state index in [0.717, 1.165) is 57.8 Å². The second-order valence-electron chi connectivity index (χ2n) is 16.4. The number of ether oxygens (including phenoxy) is 3. The fourth-order valence-electron chi connectivity index (χ4n) is 7.08. The Kier molecular flexibility index (Phi) is 43.4. The van der Waals surface area contributed by atoms with Gasteiger partial charge in [0.2, 0.25) is 0 Å². The lowest BCUT2D eigenvalue weighted by Crippen LogP contribution is -2.30. The normalized spacial score (nSPS) is 12.0. The molecule has 0 rings (SSSR count). The summed E-state index contributed by atoms with van der Waals surface area (Å²) in [5, 5.41) is 0. The van der Waals surface area contributed by atoms with Gasteiger partial charge in [0.25, 0.3) is 0 Å². The lowest BCUT2D eigenvalue weighted by Gasteiger charge is -2.18. The van der Waals surface area contributed by atoms with Crippen molar-refractivity contribution in [3.63, 3.8) is 0 Å². The lowest BCUT2D eigenvalue weighted by molar-refractivity contribution is -0.167. The fourth-order valence-corrected chi connectivity index (χ4v) is 7.08. The Balaban J connectivity index is 4.27. The van der Waals surface area contributed by atoms with Crippen LogP contribution in [-0.2, 0) is 28.6 Å². The highest BCUT2D eigenvalue weighted by atomic mass is 16.6. The van der Waals surface area contributed by atoms with Gasteiger partial charge < -0.3 is 14.2 Å². The molecule has 0 aliphatic rings. The Bertz CT molecular complexity index is 854. The van der Waals surface area contributed by atoms with E-state index in [4.69, 9.17) is 14.2 Å². The van der Waals surface area contributed by atoms with Crippen molar-refractivity contribution in [2.45, 2.75) is 271 Å². The fraction of sp³-hybridized carbons (Fsp3) is 0.898. The van der Waals surface area contributed by atoms with Gasteiger partial charge in [-0.3, -0.25) is 14.4 Å². The molecule has 0 aromatic carbocycles. The van der Waals surface area contributed by atoms with E-state index >= 15 is 0 Å². The second kappa shape index (κ2) is 44.9. The first-order chi connectivity index (χ1) is 27.0. The number of unbranched alkanes of at least 4 members (excludes halogenated alkanes) is 31. The van der Waals surface area contributed by atoms with Crippen LogP contribution in [0.5, 0.6) is 0 Å². The van der Waals surface area contributed by atoms with Gasteiger partial charge in [-0.15, -0.1) is 0 Å². The van der Waals surface area contributed by atoms with Crippen molar-refractivity contribution >= 4 is 17.9 Å². The molecule has 0 aliphatic heterocycles. The number of carbonyl (C=O) groups excluding carboxylic acids is 3. The van der Waals surface area contributed by atoms with Gasteiger partial charge in [0.15, 0.2) is 6.10 Å². The molecule has 0 bridgehead atoms. The van der Waals surface area contributed by atoms with E-state index in [0.29, 0.717) is 19.3 Å². The molecule has 0 fully saturated rings. The molecule has 6 heteroatoms. The molecule has 0 spiro atoms. The van der Waals surface area contributed by atoms with Crippen LogP contribution < -0.4 is 0 Å². The van der Waals surface area contributed by atoms with Crippen molar-refractivity contribution in [2.24, 2.45) is 0 Å². The van der Waals surface area contributed by atoms with E-state index in [1.807, 2.05) is 0 Å². The third kappa shape index (κ3) is 43.1. The number of esters is 3. The average molecular weight is 777 g/mol. The first-order valence-electron chi connectivity index (χ1n) is 24.2. The molecule has 55 heavy (non-hydrogen) atoms. The van der Waals surface area contributed by atoms with Crippen LogP contribution in [0.25, 0.3) is 0 Å². The summed E-state index contributed by atoms with van der Waals surface area (Å²) in [6.07, 6.45) is 47.6. The van der Waals surface area contributed by atoms with E-state index in [2.05, 4.69) is 32.9 Å². The Hall–Kier alpha value is -1.85. The molecule has 0 amide bonds. The quantitative estimate of drug-likeness (QED) is 0.0265. The SMILES string of the molecule is CCCCCCCC/C=C\CCCCCCCCCC(=O)OC[C@@H](COC(=O)CCCCCCCCCCCC)OC(=O)CCCCCCCCCCCC. The molecule has 0 unspecified atom stereocenters. The number of allylic oxidation sites excluding steroid dienone is 2. The van der Waals surface area contributed by atoms with Crippen molar-refractivity contribution < 1.29 is 28.6 Å². The minimum atomic E-state index is -0.762. The van der Waals surface area contributed by atoms with E-state index < -0.39 is 6.10 Å². The molecule has 0 saturated heterocycles. The molecule has 324 valence electrons. The third-order valence-electron chi connectivity index (χ3n) is 10.8. The molecule has 0 N–H and O–H groups in total. The monoisotopic (exact) mass is 777 g/mol. The summed E-state index contributed by atoms with van der Waals surface area (Å²) in [5.41, 5.74) is 0. The zero-order valence-corrected chi connectivity index (χ0v) is 37.0. The van der Waals surface area contributed by atoms with Crippen molar-refractivity contribution in [2.75, 3.05) is 13.2 Å². The predicted molar refractivity (Wildman–Crippen MR) is 233 cm³/mol. The Morgan fingerprint density at radius 2 is 0.600 bits per heavy atom. The highest BCUT2D eigenvalue weighted by Crippen LogP contribution is 2.15. The van der Waals surface area contributed by atoms with Crippen LogP contribution in [0.15, 0.2) is 12.2 Å². The molecule has 0 heterocycles. The van der Waals surface area contributed by atoms with Crippen molar-refractivity contribution in [1.29, 1.82) is 0 Å². The van der Waals surface area contributed by atoms with Gasteiger partial charge >= 0.3 is 17.9 Å². The Labute approximate surface area is 341 Å². The van der Waals surface area contributed by atoms with Crippen LogP contribution in [0.3, 0.4) is 0 Å². The van der Waals surface area contributed by atoms with Crippen molar-refractivity contribution in [3.8, 4) is 0 Å². The largest absolute Gasteiger partial charge is 0.462 e. The van der Waals surface area contributed by atoms with Gasteiger partial charge in [-0.05, 0) is 44.9 Å². The second-order valence-corrected chi connectivity index (χ2v) is 16.4. The lowest BCUT2D eigenvalue weighted by atomic mass is 10.1. The van der Waals surface area contributed by atoms with Crippen LogP contribution in [0.4, 0.5) is 0 Å². The van der Waals surface area contributed by atoms with Gasteiger partial charge in [-0.1, -0.05) is 213 Å². The summed E-state index contributed by atoms with van der Waals surface area (Å²) in [5.74, 6) is -0.864. The summed E-state index contributed by atoms with van der Waals surface area (Å²) in [7, 11) is 0. The first-order valence-corrected chi connectivity index (χ1v) is 24.2. The highest BCUT2D eigenvalue weighted by molar-refractivity contribution is 5.71. The topological polar surface area (TPSA) is 78.9 Å². The van der Waals surface area contributed by atoms with Crippen molar-refractivity contribution in [1.82, 2.24) is 0 Å². The molecule has 0 radical (unpaired) electrons. The average Bonchev–Trinajstić information content (AvgIpc) is 3.18. The van der Waals surface area contributed by atoms with E-state index in [-0.39, 0.29) is 31.1 Å². The molecule has 0 aromatic rings. The number of rotatable bonds is 44. The minimum Gasteiger partial charge on any atom is -0.462 e. The summed E-state index contributed by atoms with van der Waals surface area (Å²) in [6, 6.07) is 0. The molecule has 6 nitrogen and oxygen atoms in total. The Morgan fingerprint density at radius 1 is 0.345 bits per heavy atom. The number of carbonyl (C=O) groups is 3. The maximum absolute atomic E-state index is 12.7. The number of hydrogen-bond donors (Lipinski definition) is 0. The van der Waals surface area contributed by atoms with Crippen LogP contribution in [-0.4, -0.2) is 37.2 Å². The van der Waals surface area contributed by atoms with Gasteiger partial charge in [0.1, 0.15) is 13.2 Å². The zero-order valence-electron chi connectivity index (χ0n) is 37.0. The summed E-state index contributed by atoms with van der Waals surface area (Å²) in [4.78, 5) is 37.7. The summed E-state index contributed by atoms with van der Waals surface area (Å²) in [6.45, 7) is 6.62. The van der Waals surface area contributed by atoms with Crippen LogP contribution in [0.2, 0.25) is 0 Å². The highest BCUT2D eigenvalue weighted by Gasteiger charge is 2.19. The molecular formula is C49H92O6. The number of hydrogen-bond acceptors (Lipinski definition) is 6. The smallest absolute Gasteiger partial charge is 0.306 e. The predicted octanol–water partition coefficient (Wildman–Crippen LogP) is 15.4. The standard InChI is InChI=1S/C49H92O6/c1-4-7-10-13-16-19-22-23-24-25-26-27-28-31-33-36-39-42-48(51)54-45-46(55-49(52)43-40-37-34-30-21-18-15-12-9-6-3)44-53-47(50)41-38-35-32-29-20-17-14-11-8-5-2/h23-24,46H,4-22,25-45H2,1-3H3/b24-23-/t46-/m1/s1. The van der Waals surface area contributed by atoms with Gasteiger partial charge in [-0.2, -0.15) is 0 Å². The van der Waals surface area contributed by atoms with Gasteiger partial charge in [0, 0.05) is 19.3 Å². The Morgan fingerprint density at radius 3 is 0.909 bits per heavy atom. The van der Waals surface area contributed by atoms with Crippen LogP contribution in [0, 0.1) is 0 Å². The van der Waals surface area contributed by atoms with Crippen molar-refractivity contribution in [3.05, 3.63) is 12.2 Å². The van der Waals surface area contributed by atoms with Crippen LogP contribution in [0.1, 0.15) is 265 Å².